The van der Waals surface area contributed by atoms with Gasteiger partial charge in [0.2, 0.25) is 0 Å². The van der Waals surface area contributed by atoms with Crippen LogP contribution >= 0.6 is 0 Å². The molecule has 1 N–H and O–H groups in total. The number of hydrogen-bond donors (Lipinski definition) is 1. The molecule has 0 heterocycles. The predicted octanol–water partition coefficient (Wildman–Crippen LogP) is 4.09. The maximum absolute atomic E-state index is 10.7. The molecule has 0 saturated carbocycles. The Hall–Kier alpha value is -1.57. The number of hydrogen-bond acceptors (Lipinski definition) is 1. The van der Waals surface area contributed by atoms with Gasteiger partial charge in [-0.1, -0.05) is 42.8 Å². The van der Waals surface area contributed by atoms with Crippen molar-refractivity contribution in [1.29, 1.82) is 0 Å². The summed E-state index contributed by atoms with van der Waals surface area (Å²) in [5.74, 6) is -0.702. The Kier molecular flexibility index (Phi) is 4.08. The quantitative estimate of drug-likeness (QED) is 0.826. The topological polar surface area (TPSA) is 37.3 Å². The smallest absolute Gasteiger partial charge is 0.303 e. The van der Waals surface area contributed by atoms with Crippen molar-refractivity contribution in [2.24, 2.45) is 0 Å². The third-order valence-corrected chi connectivity index (χ3v) is 4.41. The molecule has 1 atom stereocenters. The molecule has 1 unspecified atom stereocenters. The average Bonchev–Trinajstić information content (AvgIpc) is 2.49. The highest BCUT2D eigenvalue weighted by Crippen LogP contribution is 2.40. The molecule has 1 aromatic carbocycles. The fourth-order valence-electron chi connectivity index (χ4n) is 3.08. The van der Waals surface area contributed by atoms with E-state index in [4.69, 9.17) is 5.11 Å². The number of aryl methyl sites for hydroxylation is 1. The molecule has 2 heteroatoms. The fraction of sp³-hybridized carbons (Fsp3) is 0.471. The maximum Gasteiger partial charge on any atom is 0.303 e. The molecule has 0 radical (unpaired) electrons. The van der Waals surface area contributed by atoms with E-state index in [0.29, 0.717) is 0 Å². The largest absolute Gasteiger partial charge is 0.481 e. The first-order chi connectivity index (χ1) is 9.04. The molecule has 1 aliphatic rings. The highest BCUT2D eigenvalue weighted by Gasteiger charge is 2.31. The van der Waals surface area contributed by atoms with Gasteiger partial charge in [-0.25, -0.2) is 0 Å². The number of benzene rings is 1. The molecule has 0 spiro atoms. The van der Waals surface area contributed by atoms with Gasteiger partial charge >= 0.3 is 5.97 Å². The highest BCUT2D eigenvalue weighted by molar-refractivity contribution is 5.66. The van der Waals surface area contributed by atoms with Gasteiger partial charge in [-0.2, -0.15) is 0 Å². The summed E-state index contributed by atoms with van der Waals surface area (Å²) in [5, 5.41) is 8.83. The summed E-state index contributed by atoms with van der Waals surface area (Å²) < 4.78 is 0. The molecule has 19 heavy (non-hydrogen) atoms. The Morgan fingerprint density at radius 3 is 2.84 bits per heavy atom. The van der Waals surface area contributed by atoms with Gasteiger partial charge < -0.3 is 5.11 Å². The van der Waals surface area contributed by atoms with Gasteiger partial charge in [0.05, 0.1) is 0 Å². The van der Waals surface area contributed by atoms with Crippen molar-refractivity contribution in [3.8, 4) is 0 Å². The molecule has 0 amide bonds. The van der Waals surface area contributed by atoms with E-state index in [1.165, 1.54) is 16.7 Å². The second-order valence-electron chi connectivity index (χ2n) is 5.66. The summed E-state index contributed by atoms with van der Waals surface area (Å²) in [4.78, 5) is 10.7. The van der Waals surface area contributed by atoms with Crippen molar-refractivity contribution in [1.82, 2.24) is 0 Å². The fourth-order valence-corrected chi connectivity index (χ4v) is 3.08. The van der Waals surface area contributed by atoms with E-state index in [1.54, 1.807) is 0 Å². The van der Waals surface area contributed by atoms with Crippen molar-refractivity contribution in [3.63, 3.8) is 0 Å². The molecule has 1 aromatic rings. The van der Waals surface area contributed by atoms with Gasteiger partial charge in [0.1, 0.15) is 0 Å². The molecule has 0 saturated heterocycles. The Morgan fingerprint density at radius 1 is 1.37 bits per heavy atom. The standard InChI is InChI=1S/C17H22O2/c1-13-7-5-9-14-8-3-4-10-15(14)17(13,2)12-6-11-16(18)19/h3-4,7-8,10H,5-6,9,11-12H2,1-2H3,(H,18,19). The lowest BCUT2D eigenvalue weighted by atomic mass is 9.72. The van der Waals surface area contributed by atoms with Crippen molar-refractivity contribution < 1.29 is 9.90 Å². The number of allylic oxidation sites excluding steroid dienone is 2. The SMILES string of the molecule is CC1=CCCc2ccccc2C1(C)CCCC(=O)O. The van der Waals surface area contributed by atoms with Crippen molar-refractivity contribution in [2.75, 3.05) is 0 Å². The monoisotopic (exact) mass is 258 g/mol. The second-order valence-corrected chi connectivity index (χ2v) is 5.66. The molecule has 0 aliphatic heterocycles. The third-order valence-electron chi connectivity index (χ3n) is 4.41. The van der Waals surface area contributed by atoms with Crippen LogP contribution in [0.4, 0.5) is 0 Å². The van der Waals surface area contributed by atoms with E-state index in [9.17, 15) is 4.79 Å². The maximum atomic E-state index is 10.7. The summed E-state index contributed by atoms with van der Waals surface area (Å²) in [6, 6.07) is 8.60. The summed E-state index contributed by atoms with van der Waals surface area (Å²) in [6.45, 7) is 4.44. The van der Waals surface area contributed by atoms with Gasteiger partial charge in [-0.3, -0.25) is 4.79 Å². The average molecular weight is 258 g/mol. The lowest BCUT2D eigenvalue weighted by Gasteiger charge is -2.32. The lowest BCUT2D eigenvalue weighted by molar-refractivity contribution is -0.137. The van der Waals surface area contributed by atoms with Crippen LogP contribution in [0.2, 0.25) is 0 Å². The normalized spacial score (nSPS) is 22.3. The Balaban J connectivity index is 2.31. The lowest BCUT2D eigenvalue weighted by Crippen LogP contribution is -2.24. The number of carbonyl (C=O) groups is 1. The van der Waals surface area contributed by atoms with Crippen LogP contribution in [0.15, 0.2) is 35.9 Å². The zero-order valence-corrected chi connectivity index (χ0v) is 11.8. The molecule has 0 aromatic heterocycles. The molecule has 1 aliphatic carbocycles. The van der Waals surface area contributed by atoms with Crippen LogP contribution < -0.4 is 0 Å². The molecule has 0 bridgehead atoms. The number of rotatable bonds is 4. The van der Waals surface area contributed by atoms with Gasteiger partial charge in [0, 0.05) is 11.8 Å². The van der Waals surface area contributed by atoms with E-state index in [1.807, 2.05) is 0 Å². The van der Waals surface area contributed by atoms with Gasteiger partial charge in [0.25, 0.3) is 0 Å². The van der Waals surface area contributed by atoms with Crippen molar-refractivity contribution >= 4 is 5.97 Å². The second kappa shape index (κ2) is 5.60. The van der Waals surface area contributed by atoms with Crippen molar-refractivity contribution in [2.45, 2.75) is 51.4 Å². The number of aliphatic carboxylic acids is 1. The number of fused-ring (bicyclic) bond motifs is 1. The number of carboxylic acids is 1. The van der Waals surface area contributed by atoms with E-state index in [2.05, 4.69) is 44.2 Å². The van der Waals surface area contributed by atoms with Crippen LogP contribution in [0.1, 0.15) is 50.7 Å². The number of carboxylic acid groups (broad SMARTS) is 1. The van der Waals surface area contributed by atoms with Crippen LogP contribution in [-0.2, 0) is 16.6 Å². The van der Waals surface area contributed by atoms with E-state index in [-0.39, 0.29) is 11.8 Å². The summed E-state index contributed by atoms with van der Waals surface area (Å²) >= 11 is 0. The van der Waals surface area contributed by atoms with Crippen LogP contribution in [0, 0.1) is 0 Å². The highest BCUT2D eigenvalue weighted by atomic mass is 16.4. The van der Waals surface area contributed by atoms with Crippen LogP contribution in [-0.4, -0.2) is 11.1 Å². The molecule has 102 valence electrons. The summed E-state index contributed by atoms with van der Waals surface area (Å²) in [6.07, 6.45) is 6.37. The van der Waals surface area contributed by atoms with Crippen molar-refractivity contribution in [3.05, 3.63) is 47.0 Å². The minimum absolute atomic E-state index is 0.0114. The van der Waals surface area contributed by atoms with Gasteiger partial charge in [0.15, 0.2) is 0 Å². The summed E-state index contributed by atoms with van der Waals surface area (Å²) in [7, 11) is 0. The van der Waals surface area contributed by atoms with Crippen LogP contribution in [0.5, 0.6) is 0 Å². The predicted molar refractivity (Wildman–Crippen MR) is 77.4 cm³/mol. The first kappa shape index (κ1) is 13.9. The third kappa shape index (κ3) is 2.89. The van der Waals surface area contributed by atoms with Gasteiger partial charge in [-0.05, 0) is 43.7 Å². The Labute approximate surface area is 115 Å². The zero-order chi connectivity index (χ0) is 13.9. The first-order valence-electron chi connectivity index (χ1n) is 7.01. The van der Waals surface area contributed by atoms with E-state index in [0.717, 1.165) is 25.7 Å². The van der Waals surface area contributed by atoms with Crippen LogP contribution in [0.3, 0.4) is 0 Å². The zero-order valence-electron chi connectivity index (χ0n) is 11.8. The molecular weight excluding hydrogens is 236 g/mol. The van der Waals surface area contributed by atoms with E-state index >= 15 is 0 Å². The van der Waals surface area contributed by atoms with Gasteiger partial charge in [-0.15, -0.1) is 0 Å². The first-order valence-corrected chi connectivity index (χ1v) is 7.01. The minimum atomic E-state index is -0.702. The Bertz CT molecular complexity index is 502. The summed E-state index contributed by atoms with van der Waals surface area (Å²) in [5.41, 5.74) is 4.16. The minimum Gasteiger partial charge on any atom is -0.481 e. The molecule has 0 fully saturated rings. The van der Waals surface area contributed by atoms with Crippen LogP contribution in [0.25, 0.3) is 0 Å². The van der Waals surface area contributed by atoms with E-state index < -0.39 is 5.97 Å². The molecule has 2 nitrogen and oxygen atoms in total. The molecule has 2 rings (SSSR count). The molecular formula is C17H22O2. The Morgan fingerprint density at radius 2 is 2.11 bits per heavy atom.